The van der Waals surface area contributed by atoms with Crippen LogP contribution in [0.2, 0.25) is 0 Å². The Labute approximate surface area is 80.4 Å². The van der Waals surface area contributed by atoms with Crippen LogP contribution in [0.4, 0.5) is 11.6 Å². The molecule has 0 saturated carbocycles. The van der Waals surface area contributed by atoms with E-state index in [2.05, 4.69) is 5.32 Å². The third-order valence-electron chi connectivity index (χ3n) is 2.26. The van der Waals surface area contributed by atoms with Crippen LogP contribution < -0.4 is 5.32 Å². The number of furan rings is 1. The summed E-state index contributed by atoms with van der Waals surface area (Å²) in [4.78, 5) is 11.8. The minimum Gasteiger partial charge on any atom is -0.446 e. The van der Waals surface area contributed by atoms with Crippen LogP contribution >= 0.6 is 0 Å². The molecule has 1 aromatic carbocycles. The van der Waals surface area contributed by atoms with E-state index in [1.807, 2.05) is 12.1 Å². The maximum absolute atomic E-state index is 11.8. The lowest BCUT2D eigenvalue weighted by Crippen LogP contribution is -2.11. The molecule has 14 heavy (non-hydrogen) atoms. The molecule has 2 aromatic rings. The Kier molecular flexibility index (Phi) is 1.31. The lowest BCUT2D eigenvalue weighted by molar-refractivity contribution is 0.103. The number of fused-ring (bicyclic) bond motifs is 2. The zero-order valence-corrected chi connectivity index (χ0v) is 7.23. The molecule has 0 atom stereocenters. The van der Waals surface area contributed by atoms with Gasteiger partial charge in [-0.25, -0.2) is 5.32 Å². The van der Waals surface area contributed by atoms with Gasteiger partial charge in [-0.1, -0.05) is 12.1 Å². The van der Waals surface area contributed by atoms with Gasteiger partial charge in [0.25, 0.3) is 0 Å². The van der Waals surface area contributed by atoms with E-state index in [0.29, 0.717) is 22.7 Å². The molecule has 0 spiro atoms. The van der Waals surface area contributed by atoms with E-state index >= 15 is 0 Å². The van der Waals surface area contributed by atoms with Gasteiger partial charge in [-0.05, 0) is 18.2 Å². The minimum atomic E-state index is -0.0145. The summed E-state index contributed by atoms with van der Waals surface area (Å²) < 4.78 is 5.10. The number of ketones is 1. The molecule has 2 heterocycles. The topological polar surface area (TPSA) is 44.3 Å². The number of para-hydroxylation sites is 1. The van der Waals surface area contributed by atoms with Crippen molar-refractivity contribution in [2.45, 2.75) is 0 Å². The van der Waals surface area contributed by atoms with Gasteiger partial charge >= 0.3 is 0 Å². The quantitative estimate of drug-likeness (QED) is 0.538. The second-order valence-electron chi connectivity index (χ2n) is 3.10. The van der Waals surface area contributed by atoms with Crippen LogP contribution in [0, 0.1) is 0 Å². The third-order valence-corrected chi connectivity index (χ3v) is 2.26. The summed E-state index contributed by atoms with van der Waals surface area (Å²) in [5, 5.41) is 4.23. The lowest BCUT2D eigenvalue weighted by Gasteiger charge is -2.12. The molecule has 0 fully saturated rings. The van der Waals surface area contributed by atoms with Crippen LogP contribution in [0.3, 0.4) is 0 Å². The predicted octanol–water partition coefficient (Wildman–Crippen LogP) is 2.39. The van der Waals surface area contributed by atoms with Gasteiger partial charge in [-0.2, -0.15) is 0 Å². The summed E-state index contributed by atoms with van der Waals surface area (Å²) in [6.45, 7) is 0. The molecular weight excluding hydrogens is 178 g/mol. The first kappa shape index (κ1) is 7.38. The highest BCUT2D eigenvalue weighted by molar-refractivity contribution is 6.16. The SMILES string of the molecule is O=C1c2ccccc2[N]c2occc21. The second-order valence-corrected chi connectivity index (χ2v) is 3.10. The maximum Gasteiger partial charge on any atom is 0.230 e. The smallest absolute Gasteiger partial charge is 0.230 e. The van der Waals surface area contributed by atoms with Crippen molar-refractivity contribution in [3.8, 4) is 0 Å². The van der Waals surface area contributed by atoms with Gasteiger partial charge in [0.05, 0.1) is 17.5 Å². The highest BCUT2D eigenvalue weighted by Gasteiger charge is 2.25. The fourth-order valence-electron chi connectivity index (χ4n) is 1.58. The number of hydrogen-bond acceptors (Lipinski definition) is 2. The number of rotatable bonds is 0. The first-order valence-corrected chi connectivity index (χ1v) is 4.29. The zero-order valence-electron chi connectivity index (χ0n) is 7.23. The van der Waals surface area contributed by atoms with Crippen LogP contribution in [0.1, 0.15) is 15.9 Å². The first-order valence-electron chi connectivity index (χ1n) is 4.29. The summed E-state index contributed by atoms with van der Waals surface area (Å²) in [5.41, 5.74) is 1.87. The molecule has 0 unspecified atom stereocenters. The first-order chi connectivity index (χ1) is 6.86. The van der Waals surface area contributed by atoms with E-state index in [4.69, 9.17) is 4.42 Å². The van der Waals surface area contributed by atoms with Gasteiger partial charge in [-0.3, -0.25) is 4.79 Å². The highest BCUT2D eigenvalue weighted by Crippen LogP contribution is 2.33. The van der Waals surface area contributed by atoms with E-state index in [9.17, 15) is 4.79 Å². The molecule has 0 saturated heterocycles. The van der Waals surface area contributed by atoms with Crippen molar-refractivity contribution in [3.63, 3.8) is 0 Å². The van der Waals surface area contributed by atoms with Gasteiger partial charge in [0.1, 0.15) is 0 Å². The monoisotopic (exact) mass is 184 g/mol. The fourth-order valence-corrected chi connectivity index (χ4v) is 1.58. The summed E-state index contributed by atoms with van der Waals surface area (Å²) in [7, 11) is 0. The summed E-state index contributed by atoms with van der Waals surface area (Å²) in [5.74, 6) is 0.396. The van der Waals surface area contributed by atoms with Gasteiger partial charge < -0.3 is 4.42 Å². The van der Waals surface area contributed by atoms with Gasteiger partial charge in [0, 0.05) is 5.56 Å². The van der Waals surface area contributed by atoms with E-state index in [-0.39, 0.29) is 5.78 Å². The Bertz CT molecular complexity index is 514. The average Bonchev–Trinajstić information content (AvgIpc) is 2.66. The van der Waals surface area contributed by atoms with Gasteiger partial charge in [0.15, 0.2) is 0 Å². The van der Waals surface area contributed by atoms with Crippen molar-refractivity contribution in [1.29, 1.82) is 0 Å². The molecule has 0 bridgehead atoms. The normalized spacial score (nSPS) is 13.0. The summed E-state index contributed by atoms with van der Waals surface area (Å²) in [6, 6.07) is 8.91. The van der Waals surface area contributed by atoms with Crippen molar-refractivity contribution in [1.82, 2.24) is 5.32 Å². The molecule has 1 aliphatic heterocycles. The van der Waals surface area contributed by atoms with E-state index in [0.717, 1.165) is 0 Å². The van der Waals surface area contributed by atoms with Gasteiger partial charge in [0.2, 0.25) is 11.7 Å². The largest absolute Gasteiger partial charge is 0.446 e. The van der Waals surface area contributed by atoms with Crippen molar-refractivity contribution < 1.29 is 9.21 Å². The Balaban J connectivity index is 2.26. The van der Waals surface area contributed by atoms with Gasteiger partial charge in [-0.15, -0.1) is 0 Å². The number of carbonyl (C=O) groups excluding carboxylic acids is 1. The Morgan fingerprint density at radius 3 is 2.86 bits per heavy atom. The van der Waals surface area contributed by atoms with Crippen molar-refractivity contribution in [3.05, 3.63) is 47.7 Å². The minimum absolute atomic E-state index is 0.0145. The number of nitrogens with zero attached hydrogens (tertiary/aromatic N) is 1. The predicted molar refractivity (Wildman–Crippen MR) is 50.0 cm³/mol. The van der Waals surface area contributed by atoms with Crippen molar-refractivity contribution in [2.24, 2.45) is 0 Å². The Morgan fingerprint density at radius 1 is 1.07 bits per heavy atom. The number of benzene rings is 1. The summed E-state index contributed by atoms with van der Waals surface area (Å²) >= 11 is 0. The molecule has 67 valence electrons. The molecule has 3 nitrogen and oxygen atoms in total. The van der Waals surface area contributed by atoms with E-state index in [1.54, 1.807) is 18.2 Å². The average molecular weight is 184 g/mol. The van der Waals surface area contributed by atoms with Crippen LogP contribution in [0.5, 0.6) is 0 Å². The van der Waals surface area contributed by atoms with E-state index in [1.165, 1.54) is 6.26 Å². The van der Waals surface area contributed by atoms with Crippen molar-refractivity contribution in [2.75, 3.05) is 0 Å². The number of hydrogen-bond donors (Lipinski definition) is 0. The Morgan fingerprint density at radius 2 is 1.93 bits per heavy atom. The third kappa shape index (κ3) is 0.836. The molecule has 1 radical (unpaired) electrons. The summed E-state index contributed by atoms with van der Waals surface area (Å²) in [6.07, 6.45) is 1.48. The molecule has 3 heteroatoms. The lowest BCUT2D eigenvalue weighted by atomic mass is 10.0. The van der Waals surface area contributed by atoms with E-state index < -0.39 is 0 Å². The molecule has 3 rings (SSSR count). The highest BCUT2D eigenvalue weighted by atomic mass is 16.3. The number of carbonyl (C=O) groups is 1. The molecule has 1 aromatic heterocycles. The molecule has 0 amide bonds. The maximum atomic E-state index is 11.8. The molecule has 0 aliphatic carbocycles. The van der Waals surface area contributed by atoms with Crippen LogP contribution in [0.15, 0.2) is 41.0 Å². The zero-order chi connectivity index (χ0) is 9.54. The van der Waals surface area contributed by atoms with Crippen LogP contribution in [-0.4, -0.2) is 5.78 Å². The fraction of sp³-hybridized carbons (Fsp3) is 0. The second kappa shape index (κ2) is 2.48. The molecular formula is C11H6NO2. The standard InChI is InChI=1S/C11H6NO2/c13-10-7-3-1-2-4-9(7)12-11-8(10)5-6-14-11/h1-6H. The molecule has 1 aliphatic rings. The Hall–Kier alpha value is -2.03. The van der Waals surface area contributed by atoms with Crippen LogP contribution in [-0.2, 0) is 0 Å². The van der Waals surface area contributed by atoms with Crippen molar-refractivity contribution >= 4 is 17.4 Å². The van der Waals surface area contributed by atoms with Crippen LogP contribution in [0.25, 0.3) is 0 Å². The molecule has 0 N–H and O–H groups in total.